The summed E-state index contributed by atoms with van der Waals surface area (Å²) in [5.74, 6) is 0.279. The van der Waals surface area contributed by atoms with Crippen molar-refractivity contribution in [2.24, 2.45) is 0 Å². The molecule has 2 aliphatic rings. The maximum atomic E-state index is 13.0. The second-order valence-corrected chi connectivity index (χ2v) is 9.91. The van der Waals surface area contributed by atoms with Crippen LogP contribution in [0.2, 0.25) is 0 Å². The molecule has 9 nitrogen and oxygen atoms in total. The largest absolute Gasteiger partial charge is 0.467 e. The highest BCUT2D eigenvalue weighted by atomic mass is 32.2. The summed E-state index contributed by atoms with van der Waals surface area (Å²) >= 11 is 0. The Hall–Kier alpha value is -2.69. The third-order valence-corrected chi connectivity index (χ3v) is 7.67. The fourth-order valence-corrected chi connectivity index (χ4v) is 5.43. The van der Waals surface area contributed by atoms with Crippen LogP contribution in [-0.4, -0.2) is 69.3 Å². The van der Waals surface area contributed by atoms with Crippen LogP contribution < -0.4 is 4.90 Å². The van der Waals surface area contributed by atoms with E-state index in [4.69, 9.17) is 9.15 Å². The van der Waals surface area contributed by atoms with Gasteiger partial charge in [-0.3, -0.25) is 9.59 Å². The van der Waals surface area contributed by atoms with Crippen molar-refractivity contribution in [1.82, 2.24) is 9.21 Å². The predicted octanol–water partition coefficient (Wildman–Crippen LogP) is 1.63. The van der Waals surface area contributed by atoms with E-state index in [1.807, 2.05) is 0 Å². The molecule has 0 unspecified atom stereocenters. The first-order valence-corrected chi connectivity index (χ1v) is 12.1. The van der Waals surface area contributed by atoms with Gasteiger partial charge in [0.25, 0.3) is 0 Å². The highest BCUT2D eigenvalue weighted by molar-refractivity contribution is 7.89. The number of likely N-dealkylation sites (N-methyl/N-ethyl adjacent to an activating group) is 1. The standard InChI is InChI=1S/C22H27N3O6S/c1-23(15-18-5-3-11-31-18)22(27)16-25-20-8-7-19(14-17(20)4-2-6-21(25)26)32(28,29)24-9-12-30-13-10-24/h3,5,7-8,11,14H,2,4,6,9-10,12-13,15-16H2,1H3. The normalized spacial score (nSPS) is 17.7. The lowest BCUT2D eigenvalue weighted by molar-refractivity contribution is -0.131. The van der Waals surface area contributed by atoms with Crippen molar-refractivity contribution in [3.8, 4) is 0 Å². The minimum atomic E-state index is -3.64. The molecule has 32 heavy (non-hydrogen) atoms. The second-order valence-electron chi connectivity index (χ2n) is 7.97. The molecule has 1 saturated heterocycles. The molecule has 2 amide bonds. The molecule has 172 valence electrons. The third kappa shape index (κ3) is 4.72. The zero-order chi connectivity index (χ0) is 22.7. The van der Waals surface area contributed by atoms with E-state index in [0.29, 0.717) is 63.6 Å². The highest BCUT2D eigenvalue weighted by Gasteiger charge is 2.30. The van der Waals surface area contributed by atoms with Gasteiger partial charge in [0.1, 0.15) is 12.3 Å². The number of rotatable bonds is 6. The molecule has 0 N–H and O–H groups in total. The van der Waals surface area contributed by atoms with Crippen molar-refractivity contribution < 1.29 is 27.2 Å². The smallest absolute Gasteiger partial charge is 0.243 e. The molecule has 2 aromatic rings. The molecule has 0 radical (unpaired) electrons. The fourth-order valence-electron chi connectivity index (χ4n) is 3.98. The maximum absolute atomic E-state index is 13.0. The van der Waals surface area contributed by atoms with Gasteiger partial charge in [-0.2, -0.15) is 4.31 Å². The Morgan fingerprint density at radius 1 is 1.16 bits per heavy atom. The first-order chi connectivity index (χ1) is 15.4. The monoisotopic (exact) mass is 461 g/mol. The van der Waals surface area contributed by atoms with Crippen LogP contribution in [0, 0.1) is 0 Å². The Labute approximate surface area is 187 Å². The quantitative estimate of drug-likeness (QED) is 0.648. The van der Waals surface area contributed by atoms with Crippen molar-refractivity contribution in [2.75, 3.05) is 44.8 Å². The van der Waals surface area contributed by atoms with Crippen molar-refractivity contribution in [3.05, 3.63) is 47.9 Å². The van der Waals surface area contributed by atoms with E-state index < -0.39 is 10.0 Å². The van der Waals surface area contributed by atoms with E-state index in [9.17, 15) is 18.0 Å². The number of hydrogen-bond donors (Lipinski definition) is 0. The molecule has 1 fully saturated rings. The Kier molecular flexibility index (Phi) is 6.63. The summed E-state index contributed by atoms with van der Waals surface area (Å²) in [6.45, 7) is 1.58. The van der Waals surface area contributed by atoms with Crippen LogP contribution >= 0.6 is 0 Å². The Morgan fingerprint density at radius 3 is 2.66 bits per heavy atom. The Morgan fingerprint density at radius 2 is 1.94 bits per heavy atom. The van der Waals surface area contributed by atoms with Gasteiger partial charge in [-0.05, 0) is 48.7 Å². The number of carbonyl (C=O) groups is 2. The van der Waals surface area contributed by atoms with E-state index >= 15 is 0 Å². The SMILES string of the molecule is CN(Cc1ccco1)C(=O)CN1C(=O)CCCc2cc(S(=O)(=O)N3CCOCC3)ccc21. The van der Waals surface area contributed by atoms with Crippen LogP contribution in [0.15, 0.2) is 45.9 Å². The molecule has 4 rings (SSSR count). The molecular formula is C22H27N3O6S. The zero-order valence-electron chi connectivity index (χ0n) is 18.0. The third-order valence-electron chi connectivity index (χ3n) is 5.78. The van der Waals surface area contributed by atoms with Crippen LogP contribution in [0.5, 0.6) is 0 Å². The average molecular weight is 462 g/mol. The minimum absolute atomic E-state index is 0.112. The summed E-state index contributed by atoms with van der Waals surface area (Å²) in [5.41, 5.74) is 1.35. The minimum Gasteiger partial charge on any atom is -0.467 e. The Balaban J connectivity index is 1.56. The number of ether oxygens (including phenoxy) is 1. The van der Waals surface area contributed by atoms with Crippen molar-refractivity contribution in [2.45, 2.75) is 30.7 Å². The van der Waals surface area contributed by atoms with Gasteiger partial charge in [0, 0.05) is 32.2 Å². The first kappa shape index (κ1) is 22.5. The van der Waals surface area contributed by atoms with Gasteiger partial charge >= 0.3 is 0 Å². The molecular weight excluding hydrogens is 434 g/mol. The highest BCUT2D eigenvalue weighted by Crippen LogP contribution is 2.30. The number of fused-ring (bicyclic) bond motifs is 1. The molecule has 3 heterocycles. The van der Waals surface area contributed by atoms with Gasteiger partial charge in [0.15, 0.2) is 0 Å². The van der Waals surface area contributed by atoms with E-state index in [2.05, 4.69) is 0 Å². The van der Waals surface area contributed by atoms with Crippen molar-refractivity contribution in [1.29, 1.82) is 0 Å². The van der Waals surface area contributed by atoms with Gasteiger partial charge in [0.05, 0.1) is 30.9 Å². The summed E-state index contributed by atoms with van der Waals surface area (Å²) in [4.78, 5) is 28.8. The number of aryl methyl sites for hydroxylation is 1. The average Bonchev–Trinajstić information content (AvgIpc) is 3.25. The lowest BCUT2D eigenvalue weighted by Gasteiger charge is -2.27. The van der Waals surface area contributed by atoms with E-state index in [0.717, 1.165) is 5.56 Å². The molecule has 0 aliphatic carbocycles. The van der Waals surface area contributed by atoms with Crippen LogP contribution in [-0.2, 0) is 37.3 Å². The van der Waals surface area contributed by atoms with Crippen molar-refractivity contribution >= 4 is 27.5 Å². The molecule has 10 heteroatoms. The Bertz CT molecular complexity index is 1080. The van der Waals surface area contributed by atoms with E-state index in [1.165, 1.54) is 20.2 Å². The summed E-state index contributed by atoms with van der Waals surface area (Å²) in [6, 6.07) is 8.35. The van der Waals surface area contributed by atoms with Gasteiger partial charge < -0.3 is 19.0 Å². The number of nitrogens with zero attached hydrogens (tertiary/aromatic N) is 3. The molecule has 2 aliphatic heterocycles. The van der Waals surface area contributed by atoms with Gasteiger partial charge in [-0.15, -0.1) is 0 Å². The van der Waals surface area contributed by atoms with Crippen LogP contribution in [0.3, 0.4) is 0 Å². The lowest BCUT2D eigenvalue weighted by atomic mass is 10.1. The molecule has 1 aromatic carbocycles. The number of hydrogen-bond acceptors (Lipinski definition) is 6. The fraction of sp³-hybridized carbons (Fsp3) is 0.455. The molecule has 0 atom stereocenters. The number of anilines is 1. The van der Waals surface area contributed by atoms with Gasteiger partial charge in [-0.1, -0.05) is 0 Å². The van der Waals surface area contributed by atoms with Crippen LogP contribution in [0.4, 0.5) is 5.69 Å². The topological polar surface area (TPSA) is 100 Å². The molecule has 0 spiro atoms. The van der Waals surface area contributed by atoms with E-state index in [1.54, 1.807) is 37.6 Å². The molecule has 0 bridgehead atoms. The summed E-state index contributed by atoms with van der Waals surface area (Å²) in [5, 5.41) is 0. The maximum Gasteiger partial charge on any atom is 0.243 e. The molecule has 0 saturated carbocycles. The van der Waals surface area contributed by atoms with Gasteiger partial charge in [-0.25, -0.2) is 8.42 Å². The summed E-state index contributed by atoms with van der Waals surface area (Å²) in [7, 11) is -1.98. The number of benzene rings is 1. The summed E-state index contributed by atoms with van der Waals surface area (Å²) < 4.78 is 38.1. The number of sulfonamides is 1. The van der Waals surface area contributed by atoms with Crippen molar-refractivity contribution in [3.63, 3.8) is 0 Å². The number of carbonyl (C=O) groups excluding carboxylic acids is 2. The second kappa shape index (κ2) is 9.43. The predicted molar refractivity (Wildman–Crippen MR) is 116 cm³/mol. The first-order valence-electron chi connectivity index (χ1n) is 10.6. The van der Waals surface area contributed by atoms with Crippen LogP contribution in [0.25, 0.3) is 0 Å². The van der Waals surface area contributed by atoms with E-state index in [-0.39, 0.29) is 23.3 Å². The summed E-state index contributed by atoms with van der Waals surface area (Å²) in [6.07, 6.45) is 3.01. The van der Waals surface area contributed by atoms with Crippen LogP contribution in [0.1, 0.15) is 24.2 Å². The lowest BCUT2D eigenvalue weighted by Crippen LogP contribution is -2.41. The molecule has 1 aromatic heterocycles. The number of morpholine rings is 1. The number of amides is 2. The zero-order valence-corrected chi connectivity index (χ0v) is 18.8. The number of furan rings is 1. The van der Waals surface area contributed by atoms with Gasteiger partial charge in [0.2, 0.25) is 21.8 Å².